The molecule has 24 heavy (non-hydrogen) atoms. The lowest BCUT2D eigenvalue weighted by Gasteiger charge is -2.13. The summed E-state index contributed by atoms with van der Waals surface area (Å²) in [4.78, 5) is 37.7. The van der Waals surface area contributed by atoms with E-state index in [2.05, 4.69) is 10.3 Å². The van der Waals surface area contributed by atoms with Gasteiger partial charge in [0.05, 0.1) is 0 Å². The molecule has 1 atom stereocenters. The lowest BCUT2D eigenvalue weighted by Crippen LogP contribution is -2.35. The number of hydrogen-bond acceptors (Lipinski definition) is 4. The number of rotatable bonds is 6. The molecule has 0 unspecified atom stereocenters. The second-order valence-corrected chi connectivity index (χ2v) is 5.25. The molecule has 0 aliphatic heterocycles. The van der Waals surface area contributed by atoms with Gasteiger partial charge in [-0.25, -0.2) is 9.18 Å². The van der Waals surface area contributed by atoms with Crippen molar-refractivity contribution in [3.8, 4) is 0 Å². The van der Waals surface area contributed by atoms with Gasteiger partial charge in [-0.15, -0.1) is 0 Å². The molecule has 1 aromatic carbocycles. The number of carbonyl (C=O) groups is 3. The second kappa shape index (κ2) is 7.54. The van der Waals surface area contributed by atoms with Crippen molar-refractivity contribution >= 4 is 17.7 Å². The van der Waals surface area contributed by atoms with Crippen molar-refractivity contribution in [1.29, 1.82) is 0 Å². The number of halogens is 1. The van der Waals surface area contributed by atoms with Gasteiger partial charge in [-0.2, -0.15) is 0 Å². The summed E-state index contributed by atoms with van der Waals surface area (Å²) >= 11 is 0. The molecule has 2 rings (SSSR count). The summed E-state index contributed by atoms with van der Waals surface area (Å²) < 4.78 is 17.8. The number of nitrogens with one attached hydrogen (secondary N) is 2. The molecule has 0 saturated carbocycles. The van der Waals surface area contributed by atoms with Crippen molar-refractivity contribution in [1.82, 2.24) is 10.3 Å². The van der Waals surface area contributed by atoms with E-state index in [9.17, 15) is 18.8 Å². The summed E-state index contributed by atoms with van der Waals surface area (Å²) in [6.45, 7) is 3.01. The number of H-pyrrole nitrogens is 1. The van der Waals surface area contributed by atoms with Crippen LogP contribution >= 0.6 is 0 Å². The second-order valence-electron chi connectivity index (χ2n) is 5.25. The van der Waals surface area contributed by atoms with Crippen LogP contribution in [0.2, 0.25) is 0 Å². The molecule has 1 amide bonds. The van der Waals surface area contributed by atoms with Gasteiger partial charge in [0.2, 0.25) is 0 Å². The normalized spacial score (nSPS) is 11.6. The van der Waals surface area contributed by atoms with Crippen LogP contribution < -0.4 is 5.32 Å². The summed E-state index contributed by atoms with van der Waals surface area (Å²) in [6, 6.07) is 7.06. The molecular formula is C17H17FN2O4. The molecule has 0 aliphatic rings. The fraction of sp³-hybridized carbons (Fsp3) is 0.235. The van der Waals surface area contributed by atoms with Crippen LogP contribution in [0.25, 0.3) is 0 Å². The van der Waals surface area contributed by atoms with Gasteiger partial charge in [-0.3, -0.25) is 9.59 Å². The minimum Gasteiger partial charge on any atom is -0.448 e. The van der Waals surface area contributed by atoms with Gasteiger partial charge in [0, 0.05) is 18.3 Å². The number of aromatic nitrogens is 1. The number of ether oxygens (including phenoxy) is 1. The van der Waals surface area contributed by atoms with E-state index in [0.717, 1.165) is 5.56 Å². The van der Waals surface area contributed by atoms with Crippen molar-refractivity contribution in [3.05, 3.63) is 59.2 Å². The van der Waals surface area contributed by atoms with E-state index in [0.29, 0.717) is 5.56 Å². The van der Waals surface area contributed by atoms with Crippen molar-refractivity contribution in [2.75, 3.05) is 0 Å². The highest BCUT2D eigenvalue weighted by Gasteiger charge is 2.20. The molecule has 0 aliphatic carbocycles. The Labute approximate surface area is 138 Å². The predicted molar refractivity (Wildman–Crippen MR) is 83.9 cm³/mol. The first-order chi connectivity index (χ1) is 11.4. The van der Waals surface area contributed by atoms with Crippen molar-refractivity contribution in [2.45, 2.75) is 26.5 Å². The monoisotopic (exact) mass is 332 g/mol. The largest absolute Gasteiger partial charge is 0.448 e. The molecule has 2 aromatic rings. The van der Waals surface area contributed by atoms with Gasteiger partial charge in [-0.05, 0) is 37.6 Å². The first-order valence-electron chi connectivity index (χ1n) is 7.29. The standard InChI is InChI=1S/C17H17FN2O4/c1-10(21)13-7-15(19-9-13)17(23)24-11(2)16(22)20-8-12-3-5-14(18)6-4-12/h3-7,9,11,19H,8H2,1-2H3,(H,20,22)/t11-/m1/s1. The average Bonchev–Trinajstić information content (AvgIpc) is 3.04. The highest BCUT2D eigenvalue weighted by Crippen LogP contribution is 2.08. The van der Waals surface area contributed by atoms with Crippen LogP contribution in [0.1, 0.15) is 40.3 Å². The molecule has 0 fully saturated rings. The fourth-order valence-corrected chi connectivity index (χ4v) is 1.93. The number of aromatic amines is 1. The summed E-state index contributed by atoms with van der Waals surface area (Å²) in [7, 11) is 0. The maximum absolute atomic E-state index is 12.8. The number of esters is 1. The summed E-state index contributed by atoms with van der Waals surface area (Å²) in [6.07, 6.45) is 0.389. The number of benzene rings is 1. The lowest BCUT2D eigenvalue weighted by molar-refractivity contribution is -0.129. The molecule has 6 nitrogen and oxygen atoms in total. The molecule has 126 valence electrons. The van der Waals surface area contributed by atoms with Crippen LogP contribution in [0.3, 0.4) is 0 Å². The van der Waals surface area contributed by atoms with Gasteiger partial charge >= 0.3 is 5.97 Å². The van der Waals surface area contributed by atoms with E-state index in [1.807, 2.05) is 0 Å². The van der Waals surface area contributed by atoms with Crippen LogP contribution in [0, 0.1) is 5.82 Å². The molecule has 7 heteroatoms. The first kappa shape index (κ1) is 17.4. The number of ketones is 1. The average molecular weight is 332 g/mol. The third kappa shape index (κ3) is 4.52. The first-order valence-corrected chi connectivity index (χ1v) is 7.29. The Morgan fingerprint density at radius 2 is 1.92 bits per heavy atom. The van der Waals surface area contributed by atoms with Crippen molar-refractivity contribution < 1.29 is 23.5 Å². The zero-order valence-electron chi connectivity index (χ0n) is 13.3. The Bertz CT molecular complexity index is 752. The number of Topliss-reactive ketones (excluding diaryl/α,β-unsaturated/α-hetero) is 1. The lowest BCUT2D eigenvalue weighted by atomic mass is 10.2. The molecule has 1 aromatic heterocycles. The summed E-state index contributed by atoms with van der Waals surface area (Å²) in [5.41, 5.74) is 1.17. The van der Waals surface area contributed by atoms with Gasteiger partial charge in [-0.1, -0.05) is 12.1 Å². The smallest absolute Gasteiger partial charge is 0.355 e. The predicted octanol–water partition coefficient (Wildman–Crippen LogP) is 2.22. The maximum Gasteiger partial charge on any atom is 0.355 e. The number of amides is 1. The third-order valence-corrected chi connectivity index (χ3v) is 3.34. The van der Waals surface area contributed by atoms with Crippen molar-refractivity contribution in [3.63, 3.8) is 0 Å². The zero-order valence-corrected chi connectivity index (χ0v) is 13.3. The summed E-state index contributed by atoms with van der Waals surface area (Å²) in [5.74, 6) is -1.75. The van der Waals surface area contributed by atoms with E-state index in [4.69, 9.17) is 4.74 Å². The van der Waals surface area contributed by atoms with Gasteiger partial charge in [0.1, 0.15) is 11.5 Å². The van der Waals surface area contributed by atoms with E-state index >= 15 is 0 Å². The molecule has 0 spiro atoms. The molecular weight excluding hydrogens is 315 g/mol. The molecule has 0 bridgehead atoms. The van der Waals surface area contributed by atoms with Gasteiger partial charge in [0.25, 0.3) is 5.91 Å². The molecule has 0 radical (unpaired) electrons. The summed E-state index contributed by atoms with van der Waals surface area (Å²) in [5, 5.41) is 2.60. The molecule has 0 saturated heterocycles. The van der Waals surface area contributed by atoms with Crippen LogP contribution in [0.15, 0.2) is 36.5 Å². The van der Waals surface area contributed by atoms with E-state index < -0.39 is 18.0 Å². The highest BCUT2D eigenvalue weighted by atomic mass is 19.1. The minimum atomic E-state index is -1.01. The van der Waals surface area contributed by atoms with Crippen LogP contribution in [0.4, 0.5) is 4.39 Å². The maximum atomic E-state index is 12.8. The Morgan fingerprint density at radius 3 is 2.50 bits per heavy atom. The Morgan fingerprint density at radius 1 is 1.25 bits per heavy atom. The quantitative estimate of drug-likeness (QED) is 0.627. The Kier molecular flexibility index (Phi) is 5.47. The fourth-order valence-electron chi connectivity index (χ4n) is 1.93. The van der Waals surface area contributed by atoms with E-state index in [1.165, 1.54) is 38.2 Å². The topological polar surface area (TPSA) is 88.3 Å². The molecule has 2 N–H and O–H groups in total. The number of carbonyl (C=O) groups excluding carboxylic acids is 3. The third-order valence-electron chi connectivity index (χ3n) is 3.34. The number of hydrogen-bond donors (Lipinski definition) is 2. The zero-order chi connectivity index (χ0) is 17.7. The van der Waals surface area contributed by atoms with Crippen LogP contribution in [0.5, 0.6) is 0 Å². The highest BCUT2D eigenvalue weighted by molar-refractivity contribution is 5.98. The van der Waals surface area contributed by atoms with Gasteiger partial charge < -0.3 is 15.0 Å². The Hall–Kier alpha value is -2.96. The van der Waals surface area contributed by atoms with E-state index in [-0.39, 0.29) is 23.8 Å². The van der Waals surface area contributed by atoms with E-state index in [1.54, 1.807) is 12.1 Å². The van der Waals surface area contributed by atoms with Crippen LogP contribution in [-0.4, -0.2) is 28.7 Å². The molecule has 1 heterocycles. The minimum absolute atomic E-state index is 0.0957. The van der Waals surface area contributed by atoms with Gasteiger partial charge in [0.15, 0.2) is 11.9 Å². The van der Waals surface area contributed by atoms with Crippen molar-refractivity contribution in [2.24, 2.45) is 0 Å². The van der Waals surface area contributed by atoms with Crippen LogP contribution in [-0.2, 0) is 16.1 Å². The SMILES string of the molecule is CC(=O)c1c[nH]c(C(=O)O[C@H](C)C(=O)NCc2ccc(F)cc2)c1. The Balaban J connectivity index is 1.87.